The van der Waals surface area contributed by atoms with Gasteiger partial charge in [-0.3, -0.25) is 4.79 Å². The molecule has 1 aromatic carbocycles. The first kappa shape index (κ1) is 13.0. The summed E-state index contributed by atoms with van der Waals surface area (Å²) in [6, 6.07) is 6.17. The second-order valence-corrected chi connectivity index (χ2v) is 5.14. The molecule has 2 nitrogen and oxygen atoms in total. The first-order valence-electron chi connectivity index (χ1n) is 5.96. The quantitative estimate of drug-likeness (QED) is 0.818. The summed E-state index contributed by atoms with van der Waals surface area (Å²) in [5.74, 6) is -0.442. The van der Waals surface area contributed by atoms with E-state index >= 15 is 0 Å². The van der Waals surface area contributed by atoms with Crippen molar-refractivity contribution in [2.75, 3.05) is 0 Å². The van der Waals surface area contributed by atoms with E-state index in [2.05, 4.69) is 6.07 Å². The van der Waals surface area contributed by atoms with Crippen molar-refractivity contribution >= 4 is 17.4 Å². The van der Waals surface area contributed by atoms with Crippen molar-refractivity contribution in [3.8, 4) is 6.07 Å². The number of rotatable bonds is 2. The third kappa shape index (κ3) is 2.39. The van der Waals surface area contributed by atoms with Gasteiger partial charge in [-0.1, -0.05) is 18.0 Å². The summed E-state index contributed by atoms with van der Waals surface area (Å²) < 4.78 is 13.2. The van der Waals surface area contributed by atoms with E-state index in [0.29, 0.717) is 23.4 Å². The summed E-state index contributed by atoms with van der Waals surface area (Å²) in [6.07, 6.45) is 2.86. The van der Waals surface area contributed by atoms with Crippen molar-refractivity contribution in [2.45, 2.75) is 32.1 Å². The van der Waals surface area contributed by atoms with Crippen LogP contribution in [0.4, 0.5) is 4.39 Å². The molecule has 18 heavy (non-hydrogen) atoms. The minimum atomic E-state index is -1.02. The molecule has 0 heterocycles. The molecule has 1 aromatic rings. The van der Waals surface area contributed by atoms with Crippen molar-refractivity contribution in [2.24, 2.45) is 5.41 Å². The molecule has 94 valence electrons. The molecule has 0 radical (unpaired) electrons. The number of halogens is 2. The zero-order valence-electron chi connectivity index (χ0n) is 9.88. The minimum Gasteiger partial charge on any atom is -0.298 e. The maximum atomic E-state index is 13.2. The summed E-state index contributed by atoms with van der Waals surface area (Å²) in [7, 11) is 0. The molecule has 1 aliphatic rings. The second-order valence-electron chi connectivity index (χ2n) is 4.74. The predicted molar refractivity (Wildman–Crippen MR) is 66.6 cm³/mol. The van der Waals surface area contributed by atoms with Gasteiger partial charge >= 0.3 is 0 Å². The van der Waals surface area contributed by atoms with E-state index < -0.39 is 11.2 Å². The molecule has 0 saturated heterocycles. The van der Waals surface area contributed by atoms with Gasteiger partial charge in [-0.05, 0) is 43.0 Å². The number of hydrogen-bond acceptors (Lipinski definition) is 2. The second kappa shape index (κ2) is 5.07. The van der Waals surface area contributed by atoms with E-state index in [1.807, 2.05) is 0 Å². The van der Waals surface area contributed by atoms with Gasteiger partial charge in [0.2, 0.25) is 0 Å². The molecule has 1 atom stereocenters. The maximum Gasteiger partial charge on any atom is 0.153 e. The number of nitriles is 1. The Kier molecular flexibility index (Phi) is 3.68. The van der Waals surface area contributed by atoms with Gasteiger partial charge in [0.25, 0.3) is 0 Å². The first-order valence-corrected chi connectivity index (χ1v) is 6.34. The molecule has 1 saturated carbocycles. The highest BCUT2D eigenvalue weighted by atomic mass is 35.5. The zero-order chi connectivity index (χ0) is 13.2. The molecular formula is C14H13ClFNO. The van der Waals surface area contributed by atoms with Crippen LogP contribution in [0.3, 0.4) is 0 Å². The van der Waals surface area contributed by atoms with Gasteiger partial charge in [0, 0.05) is 11.4 Å². The van der Waals surface area contributed by atoms with Gasteiger partial charge in [-0.15, -0.1) is 0 Å². The topological polar surface area (TPSA) is 40.9 Å². The third-order valence-electron chi connectivity index (χ3n) is 3.51. The number of benzene rings is 1. The Morgan fingerprint density at radius 1 is 1.44 bits per heavy atom. The van der Waals surface area contributed by atoms with Crippen LogP contribution in [0.5, 0.6) is 0 Å². The molecule has 2 rings (SSSR count). The highest BCUT2D eigenvalue weighted by Gasteiger charge is 2.40. The van der Waals surface area contributed by atoms with Gasteiger partial charge in [-0.2, -0.15) is 5.26 Å². The van der Waals surface area contributed by atoms with Crippen LogP contribution in [-0.2, 0) is 11.2 Å². The van der Waals surface area contributed by atoms with Crippen molar-refractivity contribution in [3.05, 3.63) is 34.6 Å². The molecule has 0 spiro atoms. The number of hydrogen-bond donors (Lipinski definition) is 0. The number of Topliss-reactive ketones (excluding diaryl/α,β-unsaturated/α-hetero) is 1. The van der Waals surface area contributed by atoms with Crippen LogP contribution in [0.25, 0.3) is 0 Å². The van der Waals surface area contributed by atoms with Gasteiger partial charge < -0.3 is 0 Å². The van der Waals surface area contributed by atoms with Gasteiger partial charge in [0.1, 0.15) is 11.2 Å². The molecule has 0 N–H and O–H groups in total. The Hall–Kier alpha value is -1.40. The first-order chi connectivity index (χ1) is 8.57. The van der Waals surface area contributed by atoms with Crippen LogP contribution in [0, 0.1) is 22.6 Å². The molecule has 1 aliphatic carbocycles. The highest BCUT2D eigenvalue weighted by molar-refractivity contribution is 6.31. The smallest absolute Gasteiger partial charge is 0.153 e. The Balaban J connectivity index is 2.33. The van der Waals surface area contributed by atoms with Crippen LogP contribution >= 0.6 is 11.6 Å². The molecule has 1 unspecified atom stereocenters. The average molecular weight is 266 g/mol. The van der Waals surface area contributed by atoms with E-state index in [1.165, 1.54) is 18.2 Å². The minimum absolute atomic E-state index is 0.0448. The normalized spacial score (nSPS) is 23.7. The summed E-state index contributed by atoms with van der Waals surface area (Å²) >= 11 is 5.99. The average Bonchev–Trinajstić information content (AvgIpc) is 2.37. The van der Waals surface area contributed by atoms with Gasteiger partial charge in [0.15, 0.2) is 5.78 Å². The number of nitrogens with zero attached hydrogens (tertiary/aromatic N) is 1. The summed E-state index contributed by atoms with van der Waals surface area (Å²) in [6.45, 7) is 0. The number of carbonyl (C=O) groups is 1. The lowest BCUT2D eigenvalue weighted by Gasteiger charge is -2.29. The van der Waals surface area contributed by atoms with Gasteiger partial charge in [0.05, 0.1) is 6.07 Å². The fourth-order valence-electron chi connectivity index (χ4n) is 2.44. The Morgan fingerprint density at radius 3 is 2.89 bits per heavy atom. The Morgan fingerprint density at radius 2 is 2.22 bits per heavy atom. The lowest BCUT2D eigenvalue weighted by Crippen LogP contribution is -2.35. The highest BCUT2D eigenvalue weighted by Crippen LogP contribution is 2.37. The van der Waals surface area contributed by atoms with E-state index in [-0.39, 0.29) is 12.2 Å². The monoisotopic (exact) mass is 265 g/mol. The van der Waals surface area contributed by atoms with E-state index in [4.69, 9.17) is 11.6 Å². The standard InChI is InChI=1S/C14H13ClFNO/c15-12-5-4-11(16)7-10(12)8-14(9-17)6-2-1-3-13(14)18/h4-5,7H,1-3,6,8H2. The molecule has 4 heteroatoms. The van der Waals surface area contributed by atoms with Crippen molar-refractivity contribution in [1.82, 2.24) is 0 Å². The fraction of sp³-hybridized carbons (Fsp3) is 0.429. The van der Waals surface area contributed by atoms with E-state index in [1.54, 1.807) is 0 Å². The Bertz CT molecular complexity index is 523. The van der Waals surface area contributed by atoms with Crippen LogP contribution in [0.2, 0.25) is 5.02 Å². The summed E-state index contributed by atoms with van der Waals surface area (Å²) in [5, 5.41) is 9.73. The third-order valence-corrected chi connectivity index (χ3v) is 3.87. The number of carbonyl (C=O) groups excluding carboxylic acids is 1. The fourth-order valence-corrected chi connectivity index (χ4v) is 2.62. The SMILES string of the molecule is N#CC1(Cc2cc(F)ccc2Cl)CCCCC1=O. The predicted octanol–water partition coefficient (Wildman–Crippen LogP) is 3.67. The molecule has 1 fully saturated rings. The van der Waals surface area contributed by atoms with Crippen LogP contribution in [0.1, 0.15) is 31.2 Å². The maximum absolute atomic E-state index is 13.2. The lowest BCUT2D eigenvalue weighted by molar-refractivity contribution is -0.128. The van der Waals surface area contributed by atoms with Gasteiger partial charge in [-0.25, -0.2) is 4.39 Å². The van der Waals surface area contributed by atoms with Crippen molar-refractivity contribution < 1.29 is 9.18 Å². The lowest BCUT2D eigenvalue weighted by atomic mass is 9.70. The molecule has 0 aromatic heterocycles. The van der Waals surface area contributed by atoms with Crippen LogP contribution in [-0.4, -0.2) is 5.78 Å². The van der Waals surface area contributed by atoms with E-state index in [0.717, 1.165) is 12.8 Å². The van der Waals surface area contributed by atoms with Crippen LogP contribution in [0.15, 0.2) is 18.2 Å². The molecule has 0 aliphatic heterocycles. The summed E-state index contributed by atoms with van der Waals surface area (Å²) in [4.78, 5) is 12.0. The van der Waals surface area contributed by atoms with Crippen LogP contribution < -0.4 is 0 Å². The van der Waals surface area contributed by atoms with Crippen molar-refractivity contribution in [1.29, 1.82) is 5.26 Å². The van der Waals surface area contributed by atoms with E-state index in [9.17, 15) is 14.4 Å². The zero-order valence-corrected chi connectivity index (χ0v) is 10.6. The van der Waals surface area contributed by atoms with Crippen molar-refractivity contribution in [3.63, 3.8) is 0 Å². The largest absolute Gasteiger partial charge is 0.298 e. The number of ketones is 1. The molecular weight excluding hydrogens is 253 g/mol. The summed E-state index contributed by atoms with van der Waals surface area (Å²) in [5.41, 5.74) is -0.483. The molecule has 0 bridgehead atoms. The Labute approximate surface area is 110 Å². The molecule has 0 amide bonds.